The van der Waals surface area contributed by atoms with Crippen LogP contribution < -0.4 is 15.4 Å². The van der Waals surface area contributed by atoms with Gasteiger partial charge in [-0.25, -0.2) is 0 Å². The van der Waals surface area contributed by atoms with Crippen LogP contribution in [-0.4, -0.2) is 47.8 Å². The Labute approximate surface area is 197 Å². The lowest BCUT2D eigenvalue weighted by atomic mass is 10.2. The fraction of sp³-hybridized carbons (Fsp3) is 0.450. The van der Waals surface area contributed by atoms with E-state index in [4.69, 9.17) is 4.74 Å². The van der Waals surface area contributed by atoms with Crippen LogP contribution in [0.5, 0.6) is 5.75 Å². The average Bonchev–Trinajstić information content (AvgIpc) is 3.09. The molecule has 2 rings (SSSR count). The summed E-state index contributed by atoms with van der Waals surface area (Å²) in [6.45, 7) is 7.11. The SMILES string of the molecule is CCNC(=NCC(O)COc1ccc([N+](=O)[O-])cc1)NC(C)Cc1ccc(C)s1.I. The molecule has 0 amide bonds. The fourth-order valence-electron chi connectivity index (χ4n) is 2.61. The molecule has 0 fully saturated rings. The van der Waals surface area contributed by atoms with Crippen molar-refractivity contribution in [2.75, 3.05) is 19.7 Å². The molecule has 0 spiro atoms. The van der Waals surface area contributed by atoms with Gasteiger partial charge in [0.2, 0.25) is 0 Å². The van der Waals surface area contributed by atoms with Crippen LogP contribution in [-0.2, 0) is 6.42 Å². The molecule has 10 heteroatoms. The van der Waals surface area contributed by atoms with Gasteiger partial charge in [-0.2, -0.15) is 0 Å². The van der Waals surface area contributed by atoms with Gasteiger partial charge in [0.1, 0.15) is 18.5 Å². The van der Waals surface area contributed by atoms with Crippen LogP contribution in [0.1, 0.15) is 23.6 Å². The number of nitrogens with one attached hydrogen (secondary N) is 2. The number of nitro benzene ring substituents is 1. The smallest absolute Gasteiger partial charge is 0.269 e. The molecule has 0 bridgehead atoms. The van der Waals surface area contributed by atoms with Crippen LogP contribution in [0.4, 0.5) is 5.69 Å². The normalized spacial score (nSPS) is 13.1. The van der Waals surface area contributed by atoms with Gasteiger partial charge < -0.3 is 20.5 Å². The van der Waals surface area contributed by atoms with Crippen molar-refractivity contribution in [2.24, 2.45) is 4.99 Å². The van der Waals surface area contributed by atoms with Gasteiger partial charge >= 0.3 is 0 Å². The van der Waals surface area contributed by atoms with Gasteiger partial charge in [-0.05, 0) is 45.0 Å². The minimum Gasteiger partial charge on any atom is -0.491 e. The lowest BCUT2D eigenvalue weighted by Gasteiger charge is -2.18. The Hall–Kier alpha value is -1.92. The van der Waals surface area contributed by atoms with Crippen molar-refractivity contribution in [3.8, 4) is 5.75 Å². The van der Waals surface area contributed by atoms with E-state index in [9.17, 15) is 15.2 Å². The number of rotatable bonds is 10. The van der Waals surface area contributed by atoms with E-state index in [1.54, 1.807) is 11.3 Å². The maximum Gasteiger partial charge on any atom is 0.269 e. The average molecular weight is 548 g/mol. The highest BCUT2D eigenvalue weighted by molar-refractivity contribution is 14.0. The van der Waals surface area contributed by atoms with E-state index in [0.29, 0.717) is 18.3 Å². The summed E-state index contributed by atoms with van der Waals surface area (Å²) in [7, 11) is 0. The number of benzene rings is 1. The monoisotopic (exact) mass is 548 g/mol. The van der Waals surface area contributed by atoms with Gasteiger partial charge in [0, 0.05) is 40.9 Å². The minimum absolute atomic E-state index is 0. The van der Waals surface area contributed by atoms with Crippen molar-refractivity contribution in [2.45, 2.75) is 39.3 Å². The second-order valence-electron chi connectivity index (χ2n) is 6.70. The van der Waals surface area contributed by atoms with Gasteiger partial charge in [0.05, 0.1) is 11.5 Å². The van der Waals surface area contributed by atoms with Gasteiger partial charge in [0.15, 0.2) is 5.96 Å². The highest BCUT2D eigenvalue weighted by atomic mass is 127. The number of aliphatic imine (C=N–C) groups is 1. The van der Waals surface area contributed by atoms with Crippen LogP contribution in [0.2, 0.25) is 0 Å². The zero-order valence-corrected chi connectivity index (χ0v) is 20.5. The number of aryl methyl sites for hydroxylation is 1. The van der Waals surface area contributed by atoms with E-state index in [1.807, 2.05) is 6.92 Å². The highest BCUT2D eigenvalue weighted by Gasteiger charge is 2.10. The number of aliphatic hydroxyl groups is 1. The molecule has 0 aliphatic heterocycles. The molecular formula is C20H29IN4O4S. The van der Waals surface area contributed by atoms with Gasteiger partial charge in [-0.3, -0.25) is 15.1 Å². The molecule has 3 N–H and O–H groups in total. The minimum atomic E-state index is -0.795. The third-order valence-electron chi connectivity index (χ3n) is 3.98. The topological polar surface area (TPSA) is 109 Å². The van der Waals surface area contributed by atoms with E-state index in [1.165, 1.54) is 34.0 Å². The summed E-state index contributed by atoms with van der Waals surface area (Å²) in [5.74, 6) is 1.10. The summed E-state index contributed by atoms with van der Waals surface area (Å²) in [5.41, 5.74) is -0.00400. The quantitative estimate of drug-likeness (QED) is 0.138. The molecule has 30 heavy (non-hydrogen) atoms. The lowest BCUT2D eigenvalue weighted by molar-refractivity contribution is -0.384. The number of halogens is 1. The van der Waals surface area contributed by atoms with Gasteiger partial charge in [-0.1, -0.05) is 0 Å². The Morgan fingerprint density at radius 3 is 2.57 bits per heavy atom. The third-order valence-corrected chi connectivity index (χ3v) is 5.00. The van der Waals surface area contributed by atoms with Gasteiger partial charge in [-0.15, -0.1) is 35.3 Å². The summed E-state index contributed by atoms with van der Waals surface area (Å²) in [5, 5.41) is 27.3. The predicted octanol–water partition coefficient (Wildman–Crippen LogP) is 3.51. The number of hydrogen-bond acceptors (Lipinski definition) is 6. The Morgan fingerprint density at radius 2 is 2.00 bits per heavy atom. The van der Waals surface area contributed by atoms with Crippen molar-refractivity contribution < 1.29 is 14.8 Å². The first-order valence-corrected chi connectivity index (χ1v) is 10.3. The second-order valence-corrected chi connectivity index (χ2v) is 8.07. The number of non-ortho nitro benzene ring substituents is 1. The maximum atomic E-state index is 10.7. The van der Waals surface area contributed by atoms with Crippen molar-refractivity contribution in [3.05, 3.63) is 56.3 Å². The van der Waals surface area contributed by atoms with Crippen molar-refractivity contribution >= 4 is 47.0 Å². The Morgan fingerprint density at radius 1 is 1.30 bits per heavy atom. The number of hydrogen-bond donors (Lipinski definition) is 3. The van der Waals surface area contributed by atoms with Crippen molar-refractivity contribution in [1.82, 2.24) is 10.6 Å². The lowest BCUT2D eigenvalue weighted by Crippen LogP contribution is -2.43. The molecule has 2 unspecified atom stereocenters. The van der Waals surface area contributed by atoms with E-state index in [0.717, 1.165) is 6.42 Å². The molecule has 2 atom stereocenters. The summed E-state index contributed by atoms with van der Waals surface area (Å²) in [6.07, 6.45) is 0.102. The molecule has 0 saturated carbocycles. The summed E-state index contributed by atoms with van der Waals surface area (Å²) < 4.78 is 5.48. The van der Waals surface area contributed by atoms with Gasteiger partial charge in [0.25, 0.3) is 5.69 Å². The molecule has 0 saturated heterocycles. The van der Waals surface area contributed by atoms with Crippen LogP contribution in [0, 0.1) is 17.0 Å². The Bertz CT molecular complexity index is 813. The molecule has 1 heterocycles. The number of aliphatic hydroxyl groups excluding tert-OH is 1. The largest absolute Gasteiger partial charge is 0.491 e. The van der Waals surface area contributed by atoms with E-state index < -0.39 is 11.0 Å². The fourth-order valence-corrected chi connectivity index (χ4v) is 3.63. The molecule has 0 aliphatic rings. The Kier molecular flexibility index (Phi) is 11.7. The number of guanidine groups is 1. The number of nitro groups is 1. The molecule has 1 aromatic carbocycles. The number of ether oxygens (including phenoxy) is 1. The zero-order valence-electron chi connectivity index (χ0n) is 17.3. The zero-order chi connectivity index (χ0) is 21.2. The van der Waals surface area contributed by atoms with Crippen LogP contribution in [0.3, 0.4) is 0 Å². The molecule has 166 valence electrons. The van der Waals surface area contributed by atoms with Crippen LogP contribution in [0.15, 0.2) is 41.4 Å². The second kappa shape index (κ2) is 13.4. The third kappa shape index (κ3) is 9.26. The number of thiophene rings is 1. The molecular weight excluding hydrogens is 519 g/mol. The summed E-state index contributed by atoms with van der Waals surface area (Å²) >= 11 is 1.79. The first-order chi connectivity index (χ1) is 13.9. The molecule has 2 aromatic rings. The summed E-state index contributed by atoms with van der Waals surface area (Å²) in [4.78, 5) is 17.2. The highest BCUT2D eigenvalue weighted by Crippen LogP contribution is 2.18. The van der Waals surface area contributed by atoms with E-state index >= 15 is 0 Å². The van der Waals surface area contributed by atoms with Crippen molar-refractivity contribution in [1.29, 1.82) is 0 Å². The maximum absolute atomic E-state index is 10.7. The number of nitrogens with zero attached hydrogens (tertiary/aromatic N) is 2. The predicted molar refractivity (Wildman–Crippen MR) is 131 cm³/mol. The van der Waals surface area contributed by atoms with Crippen LogP contribution in [0.25, 0.3) is 0 Å². The Balaban J connectivity index is 0.00000450. The molecule has 0 radical (unpaired) electrons. The standard InChI is InChI=1S/C20H28N4O4S.HI/c1-4-21-20(23-14(2)11-19-10-5-15(3)29-19)22-12-17(25)13-28-18-8-6-16(7-9-18)24(26)27;/h5-10,14,17,25H,4,11-13H2,1-3H3,(H2,21,22,23);1H. The molecule has 8 nitrogen and oxygen atoms in total. The molecule has 0 aliphatic carbocycles. The van der Waals surface area contributed by atoms with Crippen LogP contribution >= 0.6 is 35.3 Å². The van der Waals surface area contributed by atoms with E-state index in [2.05, 4.69) is 41.6 Å². The van der Waals surface area contributed by atoms with Crippen molar-refractivity contribution in [3.63, 3.8) is 0 Å². The first kappa shape index (κ1) is 26.1. The summed E-state index contributed by atoms with van der Waals surface area (Å²) in [6, 6.07) is 10.2. The molecule has 1 aromatic heterocycles. The van der Waals surface area contributed by atoms with E-state index in [-0.39, 0.29) is 48.9 Å². The first-order valence-electron chi connectivity index (χ1n) is 9.52.